The highest BCUT2D eigenvalue weighted by atomic mass is 16.6. The molecule has 0 radical (unpaired) electrons. The zero-order valence-electron chi connectivity index (χ0n) is 55.2. The summed E-state index contributed by atoms with van der Waals surface area (Å²) in [5, 5.41) is 8.74. The second-order valence-corrected chi connectivity index (χ2v) is 28.9. The van der Waals surface area contributed by atoms with Gasteiger partial charge in [-0.2, -0.15) is 0 Å². The van der Waals surface area contributed by atoms with E-state index in [1.807, 2.05) is 12.2 Å². The van der Waals surface area contributed by atoms with Crippen LogP contribution in [0.2, 0.25) is 0 Å². The summed E-state index contributed by atoms with van der Waals surface area (Å²) in [5.74, 6) is 5.21. The fraction of sp³-hybridized carbons (Fsp3) is 0.587. The first kappa shape index (κ1) is 70.7. The molecule has 7 saturated heterocycles. The summed E-state index contributed by atoms with van der Waals surface area (Å²) in [6.45, 7) is 23.0. The van der Waals surface area contributed by atoms with E-state index in [-0.39, 0.29) is 131 Å². The van der Waals surface area contributed by atoms with E-state index in [2.05, 4.69) is 94.7 Å². The summed E-state index contributed by atoms with van der Waals surface area (Å²) >= 11 is 0. The molecule has 8 heterocycles. The maximum atomic E-state index is 11.5. The van der Waals surface area contributed by atoms with Gasteiger partial charge in [0, 0.05) is 30.3 Å². The molecule has 1 N–H and O–H groups in total. The number of cyclic esters (lactones) is 11. The number of allylic oxidation sites excluding steroid dienone is 11. The van der Waals surface area contributed by atoms with Gasteiger partial charge in [-0.05, 0) is 149 Å². The second kappa shape index (κ2) is 29.8. The molecular formula is C75H86O23. The maximum absolute atomic E-state index is 11.5. The quantitative estimate of drug-likeness (QED) is 0.0903. The molecule has 23 heteroatoms. The van der Waals surface area contributed by atoms with Crippen LogP contribution in [0.3, 0.4) is 0 Å². The Morgan fingerprint density at radius 2 is 0.939 bits per heavy atom. The van der Waals surface area contributed by atoms with Gasteiger partial charge in [0.2, 0.25) is 0 Å². The number of fused-ring (bicyclic) bond motifs is 22. The Bertz CT molecular complexity index is 3300. The van der Waals surface area contributed by atoms with Crippen LogP contribution < -0.4 is 0 Å². The van der Waals surface area contributed by atoms with Gasteiger partial charge in [0.1, 0.15) is 34.9 Å². The monoisotopic (exact) mass is 1350 g/mol. The zero-order valence-corrected chi connectivity index (χ0v) is 55.2. The Morgan fingerprint density at radius 3 is 1.41 bits per heavy atom. The minimum Gasteiger partial charge on any atom is -0.481 e. The highest BCUT2D eigenvalue weighted by Gasteiger charge is 2.63. The fourth-order valence-electron chi connectivity index (χ4n) is 19.1. The van der Waals surface area contributed by atoms with E-state index in [0.717, 1.165) is 56.5 Å². The summed E-state index contributed by atoms with van der Waals surface area (Å²) in [7, 11) is 0. The summed E-state index contributed by atoms with van der Waals surface area (Å²) < 4.78 is 42.5. The largest absolute Gasteiger partial charge is 0.481 e. The second-order valence-electron chi connectivity index (χ2n) is 28.9. The molecule has 19 aliphatic rings. The molecule has 8 aliphatic heterocycles. The molecule has 0 amide bonds. The molecule has 0 aromatic carbocycles. The summed E-state index contributed by atoms with van der Waals surface area (Å²) in [4.78, 5) is 142. The molecule has 0 aromatic heterocycles. The van der Waals surface area contributed by atoms with Crippen LogP contribution in [0, 0.1) is 136 Å². The van der Waals surface area contributed by atoms with Crippen molar-refractivity contribution in [3.63, 3.8) is 0 Å². The van der Waals surface area contributed by atoms with Gasteiger partial charge in [-0.15, -0.1) is 0 Å². The number of carbonyl (C=O) groups excluding carboxylic acids is 12. The number of carbonyl (C=O) groups is 13. The number of aliphatic carboxylic acids is 1. The van der Waals surface area contributed by atoms with Gasteiger partial charge in [0.15, 0.2) is 0 Å². The molecule has 23 unspecified atom stereocenters. The van der Waals surface area contributed by atoms with Crippen molar-refractivity contribution in [1.29, 1.82) is 0 Å². The molecule has 0 aromatic rings. The van der Waals surface area contributed by atoms with Crippen LogP contribution in [0.25, 0.3) is 0 Å². The van der Waals surface area contributed by atoms with Crippen molar-refractivity contribution in [1.82, 2.24) is 0 Å². The van der Waals surface area contributed by atoms with Gasteiger partial charge >= 0.3 is 71.6 Å². The fourth-order valence-corrected chi connectivity index (χ4v) is 19.1. The van der Waals surface area contributed by atoms with Gasteiger partial charge in [-0.25, -0.2) is 4.79 Å². The number of carboxylic acids is 1. The number of hydrogen-bond donors (Lipinski definition) is 1. The zero-order chi connectivity index (χ0) is 70.1. The predicted molar refractivity (Wildman–Crippen MR) is 339 cm³/mol. The molecule has 23 nitrogen and oxygen atoms in total. The van der Waals surface area contributed by atoms with Crippen LogP contribution >= 0.6 is 0 Å². The SMILES string of the molecule is C=C1C=CC(=O)O1.C=C1CCC(=O)O1.C=C1OC(=O)C2C3C=CC(C3)C12.C=C1OC(=O)C2C3CCC(C3)C12.C=C1OC(=O)C2C3CCC(C3C)C12.CC1C2C=CC1C1C(=O)OC(=O)C21.O=C1OC(=O)C2CC=CCC12.O=C1OC(=O)C2CCCCC12.O=COC1CCCCC1C(=O)O. The van der Waals surface area contributed by atoms with Crippen molar-refractivity contribution < 1.29 is 110 Å². The first-order valence-corrected chi connectivity index (χ1v) is 34.6. The van der Waals surface area contributed by atoms with Gasteiger partial charge in [0.05, 0.1) is 65.6 Å². The molecule has 23 atom stereocenters. The Morgan fingerprint density at radius 1 is 0.459 bits per heavy atom. The average molecular weight is 1360 g/mol. The minimum atomic E-state index is -0.860. The van der Waals surface area contributed by atoms with E-state index in [1.54, 1.807) is 0 Å². The third-order valence-electron chi connectivity index (χ3n) is 23.8. The Labute approximate surface area is 567 Å². The highest BCUT2D eigenvalue weighted by molar-refractivity contribution is 5.99. The van der Waals surface area contributed by atoms with Crippen LogP contribution in [0.4, 0.5) is 0 Å². The summed E-state index contributed by atoms with van der Waals surface area (Å²) in [6.07, 6.45) is 31.7. The summed E-state index contributed by atoms with van der Waals surface area (Å²) in [5.41, 5.74) is 0. The van der Waals surface area contributed by atoms with Gasteiger partial charge in [0.25, 0.3) is 6.47 Å². The topological polar surface area (TPSA) is 325 Å². The lowest BCUT2D eigenvalue weighted by atomic mass is 9.80. The average Bonchev–Trinajstić information content (AvgIpc) is 1.10. The molecule has 98 heavy (non-hydrogen) atoms. The first-order valence-electron chi connectivity index (χ1n) is 34.6. The molecule has 0 spiro atoms. The Hall–Kier alpha value is -8.63. The van der Waals surface area contributed by atoms with E-state index >= 15 is 0 Å². The minimum absolute atomic E-state index is 0.00259. The van der Waals surface area contributed by atoms with Crippen LogP contribution in [-0.2, 0) is 105 Å². The predicted octanol–water partition coefficient (Wildman–Crippen LogP) is 9.72. The first-order chi connectivity index (χ1) is 46.8. The molecular weight excluding hydrogens is 1270 g/mol. The van der Waals surface area contributed by atoms with Crippen molar-refractivity contribution >= 4 is 78.1 Å². The molecule has 11 aliphatic carbocycles. The lowest BCUT2D eigenvalue weighted by Gasteiger charge is -2.26. The van der Waals surface area contributed by atoms with Gasteiger partial charge < -0.3 is 47.7 Å². The normalized spacial score (nSPS) is 40.1. The third-order valence-corrected chi connectivity index (χ3v) is 23.8. The number of hydrogen-bond acceptors (Lipinski definition) is 22. The number of ether oxygens (including phenoxy) is 9. The van der Waals surface area contributed by atoms with Crippen molar-refractivity contribution in [2.24, 2.45) is 136 Å². The smallest absolute Gasteiger partial charge is 0.336 e. The standard InChI is InChI=1S/C11H14O2.C10H10O3.C10H12O2.C10H10O2.C8H12O4.C8H10O3.C8H8O3.C5H6O2.C5H4O2/c1-5-7-3-4-8(5)10-9(7)6(2)13-11(10)12;1-4-5-2-3-6(4)8-7(5)9(11)13-10(8)12;2*1-5-8-6-2-3-7(4-6)9(8)10(11)12-5;9-5-12-7-4-2-1-3-6(7)8(10)11;2*9-7-5-3-1-2-4-6(5)8(10)11-7;2*1-4-2-3-5(6)7-4/h5,7-10H,2-4H2,1H3;2-8H,1H3;6-9H,1-4H2;2-3,6-9H,1,4H2;5-7H,1-4H2,(H,10,11);5-6H,1-4H2;1-2,5-6H,3-4H2;1-3H2;2-3H,1H2. The van der Waals surface area contributed by atoms with Crippen molar-refractivity contribution in [2.75, 3.05) is 0 Å². The van der Waals surface area contributed by atoms with E-state index in [4.69, 9.17) is 24.1 Å². The van der Waals surface area contributed by atoms with E-state index in [9.17, 15) is 62.3 Å². The van der Waals surface area contributed by atoms with E-state index in [0.29, 0.717) is 127 Å². The Kier molecular flexibility index (Phi) is 21.5. The van der Waals surface area contributed by atoms with Crippen molar-refractivity contribution in [3.8, 4) is 0 Å². The van der Waals surface area contributed by atoms with Crippen LogP contribution in [0.5, 0.6) is 0 Å². The van der Waals surface area contributed by atoms with Gasteiger partial charge in [-0.3, -0.25) is 57.5 Å². The molecule has 15 fully saturated rings. The maximum Gasteiger partial charge on any atom is 0.336 e. The van der Waals surface area contributed by atoms with E-state index < -0.39 is 18.0 Å². The van der Waals surface area contributed by atoms with Crippen LogP contribution in [0.1, 0.15) is 129 Å². The van der Waals surface area contributed by atoms with Crippen LogP contribution in [0.15, 0.2) is 110 Å². The number of esters is 11. The molecule has 524 valence electrons. The number of carboxylic acid groups (broad SMARTS) is 1. The lowest BCUT2D eigenvalue weighted by Crippen LogP contribution is -2.33. The highest BCUT2D eigenvalue weighted by Crippen LogP contribution is 2.62. The lowest BCUT2D eigenvalue weighted by molar-refractivity contribution is -0.156. The third kappa shape index (κ3) is 14.3. The van der Waals surface area contributed by atoms with Crippen molar-refractivity contribution in [3.05, 3.63) is 110 Å². The van der Waals surface area contributed by atoms with Gasteiger partial charge in [-0.1, -0.05) is 102 Å². The van der Waals surface area contributed by atoms with E-state index in [1.165, 1.54) is 44.3 Å². The Balaban J connectivity index is 0.000000112. The summed E-state index contributed by atoms with van der Waals surface area (Å²) in [6, 6.07) is 0. The number of rotatable bonds is 3. The molecule has 19 rings (SSSR count). The molecule has 8 bridgehead atoms. The molecule has 8 saturated carbocycles. The van der Waals surface area contributed by atoms with Crippen LogP contribution in [-0.4, -0.2) is 89.3 Å². The van der Waals surface area contributed by atoms with Crippen molar-refractivity contribution in [2.45, 2.75) is 136 Å².